The third-order valence-electron chi connectivity index (χ3n) is 4.87. The minimum absolute atomic E-state index is 0.00988. The highest BCUT2D eigenvalue weighted by molar-refractivity contribution is 14.1. The largest absolute Gasteiger partial charge is 0.496 e. The number of nitrogens with one attached hydrogen (secondary N) is 1. The van der Waals surface area contributed by atoms with Crippen LogP contribution in [-0.2, 0) is 10.0 Å². The van der Waals surface area contributed by atoms with E-state index in [4.69, 9.17) is 4.74 Å². The average Bonchev–Trinajstić information content (AvgIpc) is 2.68. The first-order valence-corrected chi connectivity index (χ1v) is 11.6. The van der Waals surface area contributed by atoms with Crippen LogP contribution in [0, 0.1) is 3.57 Å². The molecule has 1 amide bonds. The Kier molecular flexibility index (Phi) is 6.61. The SMILES string of the molecule is COc1ccc(C(=O)Nc2ccc(S(=O)(=O)N3CCCC[C@@H]3C)cc2)cc1I. The lowest BCUT2D eigenvalue weighted by molar-refractivity contribution is 0.102. The number of carbonyl (C=O) groups is 1. The highest BCUT2D eigenvalue weighted by atomic mass is 127. The lowest BCUT2D eigenvalue weighted by Gasteiger charge is -2.32. The summed E-state index contributed by atoms with van der Waals surface area (Å²) >= 11 is 2.11. The van der Waals surface area contributed by atoms with Crippen molar-refractivity contribution in [1.29, 1.82) is 0 Å². The number of carbonyl (C=O) groups excluding carboxylic acids is 1. The van der Waals surface area contributed by atoms with E-state index in [0.29, 0.717) is 23.5 Å². The first-order chi connectivity index (χ1) is 13.3. The van der Waals surface area contributed by atoms with Gasteiger partial charge in [0.15, 0.2) is 0 Å². The smallest absolute Gasteiger partial charge is 0.255 e. The van der Waals surface area contributed by atoms with Gasteiger partial charge in [-0.2, -0.15) is 4.31 Å². The van der Waals surface area contributed by atoms with Crippen molar-refractivity contribution < 1.29 is 17.9 Å². The molecule has 6 nitrogen and oxygen atoms in total. The van der Waals surface area contributed by atoms with Crippen LogP contribution in [0.25, 0.3) is 0 Å². The molecule has 2 aromatic rings. The molecule has 1 heterocycles. The number of hydrogen-bond donors (Lipinski definition) is 1. The molecule has 1 aliphatic heterocycles. The van der Waals surface area contributed by atoms with Crippen LogP contribution in [0.1, 0.15) is 36.5 Å². The molecular weight excluding hydrogens is 491 g/mol. The maximum Gasteiger partial charge on any atom is 0.255 e. The zero-order valence-electron chi connectivity index (χ0n) is 15.8. The zero-order valence-corrected chi connectivity index (χ0v) is 18.8. The second-order valence-electron chi connectivity index (χ2n) is 6.79. The molecule has 1 aliphatic rings. The van der Waals surface area contributed by atoms with Gasteiger partial charge in [-0.05, 0) is 84.8 Å². The van der Waals surface area contributed by atoms with E-state index < -0.39 is 10.0 Å². The highest BCUT2D eigenvalue weighted by Crippen LogP contribution is 2.26. The van der Waals surface area contributed by atoms with E-state index >= 15 is 0 Å². The Morgan fingerprint density at radius 1 is 1.18 bits per heavy atom. The van der Waals surface area contributed by atoms with Crippen LogP contribution in [0.2, 0.25) is 0 Å². The number of amides is 1. The summed E-state index contributed by atoms with van der Waals surface area (Å²) in [6, 6.07) is 11.5. The number of benzene rings is 2. The van der Waals surface area contributed by atoms with E-state index in [9.17, 15) is 13.2 Å². The number of sulfonamides is 1. The Morgan fingerprint density at radius 2 is 1.89 bits per heavy atom. The number of methoxy groups -OCH3 is 1. The van der Waals surface area contributed by atoms with E-state index in [2.05, 4.69) is 27.9 Å². The van der Waals surface area contributed by atoms with Crippen LogP contribution in [-0.4, -0.2) is 38.3 Å². The van der Waals surface area contributed by atoms with Gasteiger partial charge < -0.3 is 10.1 Å². The predicted molar refractivity (Wildman–Crippen MR) is 117 cm³/mol. The standard InChI is InChI=1S/C20H23IN2O4S/c1-14-5-3-4-12-23(14)28(25,26)17-9-7-16(8-10-17)22-20(24)15-6-11-19(27-2)18(21)13-15/h6-11,13-14H,3-5,12H2,1-2H3,(H,22,24)/t14-/m0/s1. The molecule has 0 saturated carbocycles. The number of piperidine rings is 1. The van der Waals surface area contributed by atoms with Crippen LogP contribution < -0.4 is 10.1 Å². The van der Waals surface area contributed by atoms with Gasteiger partial charge in [-0.1, -0.05) is 6.42 Å². The summed E-state index contributed by atoms with van der Waals surface area (Å²) in [6.45, 7) is 2.50. The van der Waals surface area contributed by atoms with Gasteiger partial charge in [0.25, 0.3) is 5.91 Å². The summed E-state index contributed by atoms with van der Waals surface area (Å²) in [7, 11) is -1.94. The quantitative estimate of drug-likeness (QED) is 0.610. The number of hydrogen-bond acceptors (Lipinski definition) is 4. The number of halogens is 1. The minimum atomic E-state index is -3.52. The maximum absolute atomic E-state index is 12.9. The lowest BCUT2D eigenvalue weighted by Crippen LogP contribution is -2.41. The molecule has 0 bridgehead atoms. The molecule has 8 heteroatoms. The van der Waals surface area contributed by atoms with Gasteiger partial charge in [0.1, 0.15) is 5.75 Å². The average molecular weight is 514 g/mol. The fourth-order valence-corrected chi connectivity index (χ4v) is 5.72. The third kappa shape index (κ3) is 4.49. The highest BCUT2D eigenvalue weighted by Gasteiger charge is 2.30. The Labute approximate surface area is 179 Å². The molecule has 1 saturated heterocycles. The molecule has 0 unspecified atom stereocenters. The van der Waals surface area contributed by atoms with Crippen LogP contribution in [0.3, 0.4) is 0 Å². The Balaban J connectivity index is 1.74. The van der Waals surface area contributed by atoms with Crippen molar-refractivity contribution in [1.82, 2.24) is 4.31 Å². The fourth-order valence-electron chi connectivity index (χ4n) is 3.29. The predicted octanol–water partition coefficient (Wildman–Crippen LogP) is 4.12. The van der Waals surface area contributed by atoms with E-state index in [0.717, 1.165) is 22.8 Å². The van der Waals surface area contributed by atoms with Crippen LogP contribution in [0.5, 0.6) is 5.75 Å². The molecule has 3 rings (SSSR count). The second kappa shape index (κ2) is 8.79. The van der Waals surface area contributed by atoms with Crippen molar-refractivity contribution in [3.05, 3.63) is 51.6 Å². The monoisotopic (exact) mass is 514 g/mol. The molecule has 1 fully saturated rings. The Morgan fingerprint density at radius 3 is 2.50 bits per heavy atom. The van der Waals surface area contributed by atoms with Gasteiger partial charge in [0.2, 0.25) is 10.0 Å². The molecule has 0 spiro atoms. The summed E-state index contributed by atoms with van der Waals surface area (Å²) in [6.07, 6.45) is 2.83. The zero-order chi connectivity index (χ0) is 20.3. The van der Waals surface area contributed by atoms with Crippen molar-refractivity contribution in [3.63, 3.8) is 0 Å². The summed E-state index contributed by atoms with van der Waals surface area (Å²) in [5.41, 5.74) is 1.05. The van der Waals surface area contributed by atoms with Gasteiger partial charge in [0.05, 0.1) is 15.6 Å². The molecule has 150 valence electrons. The first kappa shape index (κ1) is 21.1. The van der Waals surface area contributed by atoms with Crippen LogP contribution in [0.4, 0.5) is 5.69 Å². The van der Waals surface area contributed by atoms with Crippen LogP contribution >= 0.6 is 22.6 Å². The third-order valence-corrected chi connectivity index (χ3v) is 7.75. The van der Waals surface area contributed by atoms with E-state index in [-0.39, 0.29) is 16.8 Å². The maximum atomic E-state index is 12.9. The number of anilines is 1. The molecule has 0 aliphatic carbocycles. The first-order valence-electron chi connectivity index (χ1n) is 9.09. The topological polar surface area (TPSA) is 75.7 Å². The molecule has 2 aromatic carbocycles. The van der Waals surface area contributed by atoms with E-state index in [1.54, 1.807) is 53.9 Å². The van der Waals surface area contributed by atoms with Crippen molar-refractivity contribution in [2.75, 3.05) is 19.0 Å². The molecule has 0 radical (unpaired) electrons. The molecule has 1 atom stereocenters. The molecule has 1 N–H and O–H groups in total. The van der Waals surface area contributed by atoms with Crippen molar-refractivity contribution in [2.45, 2.75) is 37.1 Å². The van der Waals surface area contributed by atoms with Crippen molar-refractivity contribution >= 4 is 44.2 Å². The normalized spacial score (nSPS) is 17.9. The summed E-state index contributed by atoms with van der Waals surface area (Å²) < 4.78 is 33.4. The lowest BCUT2D eigenvalue weighted by atomic mass is 10.1. The molecule has 0 aromatic heterocycles. The number of rotatable bonds is 5. The summed E-state index contributed by atoms with van der Waals surface area (Å²) in [4.78, 5) is 12.7. The van der Waals surface area contributed by atoms with Gasteiger partial charge >= 0.3 is 0 Å². The Hall–Kier alpha value is -1.65. The van der Waals surface area contributed by atoms with Gasteiger partial charge in [-0.3, -0.25) is 4.79 Å². The van der Waals surface area contributed by atoms with Gasteiger partial charge in [0, 0.05) is 23.8 Å². The second-order valence-corrected chi connectivity index (χ2v) is 9.84. The van der Waals surface area contributed by atoms with Crippen molar-refractivity contribution in [3.8, 4) is 5.75 Å². The van der Waals surface area contributed by atoms with Crippen LogP contribution in [0.15, 0.2) is 47.4 Å². The van der Waals surface area contributed by atoms with Gasteiger partial charge in [-0.15, -0.1) is 0 Å². The number of nitrogens with zero attached hydrogens (tertiary/aromatic N) is 1. The van der Waals surface area contributed by atoms with Crippen molar-refractivity contribution in [2.24, 2.45) is 0 Å². The molecule has 28 heavy (non-hydrogen) atoms. The molecular formula is C20H23IN2O4S. The van der Waals surface area contributed by atoms with E-state index in [1.807, 2.05) is 6.92 Å². The van der Waals surface area contributed by atoms with Gasteiger partial charge in [-0.25, -0.2) is 8.42 Å². The summed E-state index contributed by atoms with van der Waals surface area (Å²) in [5.74, 6) is 0.444. The summed E-state index contributed by atoms with van der Waals surface area (Å²) in [5, 5.41) is 2.80. The fraction of sp³-hybridized carbons (Fsp3) is 0.350. The minimum Gasteiger partial charge on any atom is -0.496 e. The van der Waals surface area contributed by atoms with E-state index in [1.165, 1.54) is 0 Å². The number of ether oxygens (including phenoxy) is 1. The Bertz CT molecular complexity index is 961.